The van der Waals surface area contributed by atoms with Gasteiger partial charge in [0.2, 0.25) is 0 Å². The molecule has 2 fully saturated rings. The van der Waals surface area contributed by atoms with E-state index in [0.29, 0.717) is 0 Å². The van der Waals surface area contributed by atoms with Crippen molar-refractivity contribution >= 4 is 83.7 Å². The lowest BCUT2D eigenvalue weighted by Gasteiger charge is -2.69. The first-order chi connectivity index (χ1) is 15.3. The van der Waals surface area contributed by atoms with E-state index >= 15 is 0 Å². The molecule has 0 bridgehead atoms. The van der Waals surface area contributed by atoms with Crippen LogP contribution in [-0.4, -0.2) is 83.7 Å². The van der Waals surface area contributed by atoms with Crippen LogP contribution < -0.4 is 0 Å². The molecule has 10 heteroatoms. The van der Waals surface area contributed by atoms with Crippen LogP contribution >= 0.6 is 0 Å². The fraction of sp³-hybridized carbons (Fsp3) is 1.00. The highest BCUT2D eigenvalue weighted by Gasteiger charge is 2.78. The summed E-state index contributed by atoms with van der Waals surface area (Å²) in [5.41, 5.74) is 0. The molecular formula is C24H56Si10. The van der Waals surface area contributed by atoms with Crippen molar-refractivity contribution in [2.24, 2.45) is 0 Å². The van der Waals surface area contributed by atoms with Crippen LogP contribution in [-0.2, 0) is 0 Å². The Morgan fingerprint density at radius 3 is 0.824 bits per heavy atom. The third-order valence-electron chi connectivity index (χ3n) is 12.5. The molecule has 0 saturated carbocycles. The highest BCUT2D eigenvalue weighted by Crippen LogP contribution is 2.75. The van der Waals surface area contributed by atoms with Gasteiger partial charge in [-0.3, -0.25) is 0 Å². The second-order valence-corrected chi connectivity index (χ2v) is 61.4. The summed E-state index contributed by atoms with van der Waals surface area (Å²) < 4.78 is 3.72. The Bertz CT molecular complexity index is 757. The molecule has 0 unspecified atom stereocenters. The van der Waals surface area contributed by atoms with Crippen LogP contribution in [0.4, 0.5) is 0 Å². The van der Waals surface area contributed by atoms with E-state index in [1.807, 2.05) is 0 Å². The van der Waals surface area contributed by atoms with Gasteiger partial charge in [0, 0.05) is 68.0 Å². The van der Waals surface area contributed by atoms with Crippen LogP contribution in [0, 0.1) is 0 Å². The topological polar surface area (TPSA) is 0 Å². The monoisotopic (exact) mass is 624 g/mol. The van der Waals surface area contributed by atoms with Crippen molar-refractivity contribution in [1.82, 2.24) is 0 Å². The first-order valence-electron chi connectivity index (χ1n) is 13.9. The number of fused-ring (bicyclic) bond motifs is 2. The Balaban J connectivity index is 2.75. The Morgan fingerprint density at radius 1 is 0.412 bits per heavy atom. The quantitative estimate of drug-likeness (QED) is 0.263. The predicted octanol–water partition coefficient (Wildman–Crippen LogP) is 7.95. The lowest BCUT2D eigenvalue weighted by Crippen LogP contribution is -2.81. The molecular weight excluding hydrogens is 569 g/mol. The summed E-state index contributed by atoms with van der Waals surface area (Å²) in [6.07, 6.45) is 6.87. The van der Waals surface area contributed by atoms with E-state index < -0.39 is 15.2 Å². The molecule has 6 radical (unpaired) electrons. The van der Waals surface area contributed by atoms with Gasteiger partial charge in [-0.15, -0.1) is 0 Å². The Morgan fingerprint density at radius 2 is 0.647 bits per heavy atom. The maximum atomic E-state index is 3.06. The van der Waals surface area contributed by atoms with Crippen LogP contribution in [0.5, 0.6) is 0 Å². The third kappa shape index (κ3) is 3.27. The van der Waals surface area contributed by atoms with Gasteiger partial charge >= 0.3 is 0 Å². The fourth-order valence-corrected chi connectivity index (χ4v) is 128. The van der Waals surface area contributed by atoms with Gasteiger partial charge in [0.1, 0.15) is 0 Å². The Labute approximate surface area is 229 Å². The van der Waals surface area contributed by atoms with Crippen LogP contribution in [0.1, 0.15) is 25.7 Å². The van der Waals surface area contributed by atoms with E-state index in [1.165, 1.54) is 0 Å². The number of hydrogen-bond acceptors (Lipinski definition) is 0. The second-order valence-electron chi connectivity index (χ2n) is 14.6. The summed E-state index contributed by atoms with van der Waals surface area (Å²) in [4.78, 5) is 0. The largest absolute Gasteiger partial charge is 0.0711 e. The van der Waals surface area contributed by atoms with E-state index in [-0.39, 0.29) is 68.6 Å². The van der Waals surface area contributed by atoms with Crippen molar-refractivity contribution < 1.29 is 0 Å². The predicted molar refractivity (Wildman–Crippen MR) is 181 cm³/mol. The average Bonchev–Trinajstić information content (AvgIpc) is 3.23. The van der Waals surface area contributed by atoms with E-state index in [2.05, 4.69) is 105 Å². The summed E-state index contributed by atoms with van der Waals surface area (Å²) in [7, 11) is -5.15. The molecule has 3 rings (SSSR count). The fourth-order valence-electron chi connectivity index (χ4n) is 10.4. The summed E-state index contributed by atoms with van der Waals surface area (Å²) in [6, 6.07) is 0. The second kappa shape index (κ2) is 9.38. The Hall–Kier alpha value is 2.17. The summed E-state index contributed by atoms with van der Waals surface area (Å²) in [5.74, 6) is 0. The highest BCUT2D eigenvalue weighted by atomic mass is 29.3. The maximum absolute atomic E-state index is 3.06. The molecule has 0 aromatic carbocycles. The molecule has 3 aliphatic rings. The molecule has 0 spiro atoms. The zero-order valence-corrected chi connectivity index (χ0v) is 35.8. The van der Waals surface area contributed by atoms with Crippen LogP contribution in [0.3, 0.4) is 0 Å². The van der Waals surface area contributed by atoms with E-state index in [0.717, 1.165) is 17.1 Å². The summed E-state index contributed by atoms with van der Waals surface area (Å²) >= 11 is 0. The molecule has 0 aromatic heterocycles. The molecule has 0 aromatic rings. The van der Waals surface area contributed by atoms with Crippen molar-refractivity contribution in [3.8, 4) is 0 Å². The average molecular weight is 626 g/mol. The Kier molecular flexibility index (Phi) is 8.47. The third-order valence-corrected chi connectivity index (χ3v) is 96.1. The van der Waals surface area contributed by atoms with Gasteiger partial charge in [0.15, 0.2) is 0 Å². The lowest BCUT2D eigenvalue weighted by atomic mass is 10.4. The van der Waals surface area contributed by atoms with Gasteiger partial charge in [0.25, 0.3) is 0 Å². The molecule has 3 aliphatic heterocycles. The SMILES string of the molecule is C[Si](C)C1([Si](C)C)CC[C@]2([Si](C)C)[Si]1=[Si]1C([Si](C)C)([Si](C)C)CC[C@@]1([Si](C)C)[Si](C)(C)[Si]2(C)C. The van der Waals surface area contributed by atoms with Gasteiger partial charge in [0.05, 0.1) is 0 Å². The molecule has 3 heterocycles. The number of hydrogen-bond donors (Lipinski definition) is 0. The molecule has 0 aliphatic carbocycles. The summed E-state index contributed by atoms with van der Waals surface area (Å²) in [6.45, 7) is 46.4. The minimum absolute atomic E-state index is 0.283. The lowest BCUT2D eigenvalue weighted by molar-refractivity contribution is 0.773. The molecule has 2 saturated heterocycles. The van der Waals surface area contributed by atoms with Crippen molar-refractivity contribution in [3.63, 3.8) is 0 Å². The van der Waals surface area contributed by atoms with Crippen molar-refractivity contribution in [2.75, 3.05) is 0 Å². The van der Waals surface area contributed by atoms with Gasteiger partial charge in [-0.05, 0) is 32.9 Å². The molecule has 0 amide bonds. The normalized spacial score (nSPS) is 33.7. The van der Waals surface area contributed by atoms with Gasteiger partial charge < -0.3 is 0 Å². The molecule has 0 nitrogen and oxygen atoms in total. The van der Waals surface area contributed by atoms with Crippen LogP contribution in [0.2, 0.25) is 122 Å². The molecule has 2 atom stereocenters. The van der Waals surface area contributed by atoms with Gasteiger partial charge in [-0.1, -0.05) is 130 Å². The summed E-state index contributed by atoms with van der Waals surface area (Å²) in [5, 5.41) is 0. The first kappa shape index (κ1) is 30.7. The van der Waals surface area contributed by atoms with Crippen molar-refractivity contribution in [3.05, 3.63) is 0 Å². The molecule has 34 heavy (non-hydrogen) atoms. The molecule has 0 N–H and O–H groups in total. The van der Waals surface area contributed by atoms with Crippen LogP contribution in [0.15, 0.2) is 0 Å². The first-order valence-corrected chi connectivity index (χ1v) is 39.9. The van der Waals surface area contributed by atoms with Gasteiger partial charge in [-0.2, -0.15) is 0 Å². The standard InChI is InChI=1S/C24H56Si10/c1-25(2)21(26(3)4)17-19-23(29(9)10)31(21)32-22(27(5)6,28(7)8)18-20-24(32,30(11)12)34(15,16)33(23,13)14/h17-20H2,1-16H3/t23-,24-/m0/s1. The van der Waals surface area contributed by atoms with E-state index in [4.69, 9.17) is 0 Å². The van der Waals surface area contributed by atoms with Gasteiger partial charge in [-0.25, -0.2) is 0 Å². The smallest absolute Gasteiger partial charge is 0.0451 e. The maximum Gasteiger partial charge on any atom is 0.0451 e. The number of rotatable bonds is 6. The minimum atomic E-state index is -1.36. The van der Waals surface area contributed by atoms with E-state index in [9.17, 15) is 0 Å². The minimum Gasteiger partial charge on any atom is -0.0711 e. The van der Waals surface area contributed by atoms with Crippen molar-refractivity contribution in [1.29, 1.82) is 0 Å². The zero-order chi connectivity index (χ0) is 26.4. The molecule has 192 valence electrons. The van der Waals surface area contributed by atoms with Crippen LogP contribution in [0.25, 0.3) is 0 Å². The zero-order valence-electron chi connectivity index (χ0n) is 25.8. The highest BCUT2D eigenvalue weighted by molar-refractivity contribution is 7.56. The van der Waals surface area contributed by atoms with E-state index in [1.54, 1.807) is 25.7 Å². The van der Waals surface area contributed by atoms with Crippen molar-refractivity contribution in [2.45, 2.75) is 148 Å².